The fourth-order valence-electron chi connectivity index (χ4n) is 6.61. The molecule has 1 saturated heterocycles. The Labute approximate surface area is 405 Å². The van der Waals surface area contributed by atoms with Crippen LogP contribution in [-0.2, 0) is 50.7 Å². The number of aliphatic hydroxyl groups excluding tert-OH is 2. The van der Waals surface area contributed by atoms with E-state index < -0.39 is 84.6 Å². The number of allylic oxidation sites excluding steroid dienone is 6. The summed E-state index contributed by atoms with van der Waals surface area (Å²) in [6, 6.07) is 0. The van der Waals surface area contributed by atoms with Crippen molar-refractivity contribution < 1.29 is 80.5 Å². The number of carbonyl (C=O) groups is 3. The number of nitrogen functional groups attached to an aromatic ring is 1. The highest BCUT2D eigenvalue weighted by Gasteiger charge is 2.50. The fraction of sp³-hybridized carbons (Fsp3) is 0.659. The van der Waals surface area contributed by atoms with Gasteiger partial charge in [-0.25, -0.2) is 28.6 Å². The van der Waals surface area contributed by atoms with Gasteiger partial charge in [-0.3, -0.25) is 32.5 Å². The minimum absolute atomic E-state index is 0.0321. The molecule has 0 spiro atoms. The lowest BCUT2D eigenvalue weighted by Gasteiger charge is -2.30. The van der Waals surface area contributed by atoms with Gasteiger partial charge in [-0.1, -0.05) is 101 Å². The number of thioether (sulfide) groups is 1. The van der Waals surface area contributed by atoms with Crippen LogP contribution in [0.15, 0.2) is 49.1 Å². The smallest absolute Gasteiger partial charge is 0.386 e. The van der Waals surface area contributed by atoms with Crippen molar-refractivity contribution >= 4 is 69.1 Å². The predicted octanol–water partition coefficient (Wildman–Crippen LogP) is 5.03. The third-order valence-electron chi connectivity index (χ3n) is 10.3. The lowest BCUT2D eigenvalue weighted by Crippen LogP contribution is -2.46. The Balaban J connectivity index is 1.28. The summed E-state index contributed by atoms with van der Waals surface area (Å²) in [7, 11) is -16.4. The van der Waals surface area contributed by atoms with Gasteiger partial charge in [0.15, 0.2) is 22.8 Å². The van der Waals surface area contributed by atoms with Gasteiger partial charge in [0.05, 0.1) is 19.5 Å². The minimum atomic E-state index is -5.58. The van der Waals surface area contributed by atoms with Crippen molar-refractivity contribution in [2.24, 2.45) is 5.41 Å². The topological polar surface area (TPSA) is 364 Å². The Morgan fingerprint density at radius 3 is 2.20 bits per heavy atom. The molecule has 7 atom stereocenters. The van der Waals surface area contributed by atoms with Crippen LogP contribution in [0, 0.1) is 5.41 Å². The molecule has 3 heterocycles. The third kappa shape index (κ3) is 22.8. The monoisotopic (exact) mass is 1060 g/mol. The number of nitrogens with zero attached hydrogens (tertiary/aromatic N) is 4. The van der Waals surface area contributed by atoms with Crippen LogP contribution in [0.5, 0.6) is 0 Å². The number of hydrogen-bond donors (Lipinski definition) is 9. The molecule has 0 aliphatic carbocycles. The molecule has 1 fully saturated rings. The van der Waals surface area contributed by atoms with Crippen LogP contribution in [-0.4, -0.2) is 123 Å². The highest BCUT2D eigenvalue weighted by Crippen LogP contribution is 2.61. The molecule has 2 amide bonds. The third-order valence-corrected chi connectivity index (χ3v) is 14.3. The van der Waals surface area contributed by atoms with E-state index in [0.29, 0.717) is 12.2 Å². The van der Waals surface area contributed by atoms with Gasteiger partial charge < -0.3 is 50.9 Å². The number of carbonyl (C=O) groups excluding carboxylic acids is 3. The van der Waals surface area contributed by atoms with Crippen LogP contribution in [0.3, 0.4) is 0 Å². The number of amides is 2. The van der Waals surface area contributed by atoms with Crippen molar-refractivity contribution in [2.75, 3.05) is 37.8 Å². The molecule has 69 heavy (non-hydrogen) atoms. The largest absolute Gasteiger partial charge is 0.481 e. The molecular formula is C41H68N7O17P3S. The van der Waals surface area contributed by atoms with E-state index in [0.717, 1.165) is 80.4 Å². The SMILES string of the molecule is CC/C=C/C/C=C/C/C=C/CCCCCCCCCC(=O)SCCNC(=O)CCNC(=O)C(O)C(C)(C)COP(=O)(O)OP(=O)(O)OCC1OC(n2cnc3c(N)ncnc32)C(O)C1OP(=O)(O)O. The Hall–Kier alpha value is -3.22. The summed E-state index contributed by atoms with van der Waals surface area (Å²) in [5, 5.41) is 26.7. The van der Waals surface area contributed by atoms with Gasteiger partial charge in [-0.15, -0.1) is 0 Å². The normalized spacial score (nSPS) is 20.2. The van der Waals surface area contributed by atoms with Gasteiger partial charge in [0.1, 0.15) is 36.3 Å². The number of fused-ring (bicyclic) bond motifs is 1. The second-order valence-electron chi connectivity index (χ2n) is 16.6. The number of imidazole rings is 1. The molecule has 1 aliphatic heterocycles. The van der Waals surface area contributed by atoms with Crippen molar-refractivity contribution in [2.45, 2.75) is 135 Å². The number of nitrogens with two attached hydrogens (primary N) is 1. The molecule has 1 aliphatic rings. The molecule has 7 unspecified atom stereocenters. The Bertz CT molecular complexity index is 2170. The zero-order valence-corrected chi connectivity index (χ0v) is 42.5. The molecule has 0 radical (unpaired) electrons. The van der Waals surface area contributed by atoms with Gasteiger partial charge in [-0.05, 0) is 38.5 Å². The van der Waals surface area contributed by atoms with Crippen molar-refractivity contribution in [3.05, 3.63) is 49.1 Å². The van der Waals surface area contributed by atoms with Crippen LogP contribution in [0.25, 0.3) is 11.2 Å². The lowest BCUT2D eigenvalue weighted by molar-refractivity contribution is -0.137. The van der Waals surface area contributed by atoms with Crippen LogP contribution in [0.2, 0.25) is 0 Å². The number of aliphatic hydroxyl groups is 2. The molecule has 2 aromatic heterocycles. The average molecular weight is 1060 g/mol. The molecule has 10 N–H and O–H groups in total. The highest BCUT2D eigenvalue weighted by atomic mass is 32.2. The number of anilines is 1. The number of nitrogens with one attached hydrogen (secondary N) is 2. The first-order chi connectivity index (χ1) is 32.6. The maximum Gasteiger partial charge on any atom is 0.481 e. The van der Waals surface area contributed by atoms with Crippen molar-refractivity contribution in [1.29, 1.82) is 0 Å². The van der Waals surface area contributed by atoms with Crippen LogP contribution in [0.4, 0.5) is 5.82 Å². The van der Waals surface area contributed by atoms with Crippen molar-refractivity contribution in [3.63, 3.8) is 0 Å². The summed E-state index contributed by atoms with van der Waals surface area (Å²) in [4.78, 5) is 88.4. The number of ether oxygens (including phenoxy) is 1. The number of phosphoric ester groups is 3. The number of hydrogen-bond acceptors (Lipinski definition) is 18. The Kier molecular flexibility index (Phi) is 26.1. The quantitative estimate of drug-likeness (QED) is 0.0252. The van der Waals surface area contributed by atoms with E-state index in [9.17, 15) is 57.9 Å². The first-order valence-corrected chi connectivity index (χ1v) is 28.1. The van der Waals surface area contributed by atoms with E-state index >= 15 is 0 Å². The van der Waals surface area contributed by atoms with Gasteiger partial charge >= 0.3 is 23.5 Å². The summed E-state index contributed by atoms with van der Waals surface area (Å²) in [6.45, 7) is 2.68. The lowest BCUT2D eigenvalue weighted by atomic mass is 9.87. The average Bonchev–Trinajstić information content (AvgIpc) is 3.84. The first kappa shape index (κ1) is 60.1. The minimum Gasteiger partial charge on any atom is -0.386 e. The summed E-state index contributed by atoms with van der Waals surface area (Å²) in [6.07, 6.45) is 18.5. The summed E-state index contributed by atoms with van der Waals surface area (Å²) in [5.41, 5.74) is 4.28. The second-order valence-corrected chi connectivity index (χ2v) is 22.0. The molecule has 24 nitrogen and oxygen atoms in total. The van der Waals surface area contributed by atoms with Crippen LogP contribution in [0.1, 0.15) is 110 Å². The maximum atomic E-state index is 12.7. The van der Waals surface area contributed by atoms with E-state index in [4.69, 9.17) is 19.5 Å². The number of unbranched alkanes of at least 4 members (excludes halogenated alkanes) is 7. The Morgan fingerprint density at radius 2 is 1.52 bits per heavy atom. The van der Waals surface area contributed by atoms with E-state index in [1.807, 2.05) is 0 Å². The van der Waals surface area contributed by atoms with Gasteiger partial charge in [0, 0.05) is 37.1 Å². The van der Waals surface area contributed by atoms with Crippen molar-refractivity contribution in [1.82, 2.24) is 30.2 Å². The molecule has 0 aromatic carbocycles. The van der Waals surface area contributed by atoms with Crippen molar-refractivity contribution in [3.8, 4) is 0 Å². The van der Waals surface area contributed by atoms with Gasteiger partial charge in [-0.2, -0.15) is 4.31 Å². The Morgan fingerprint density at radius 1 is 0.884 bits per heavy atom. The fourth-order valence-corrected chi connectivity index (χ4v) is 10.2. The summed E-state index contributed by atoms with van der Waals surface area (Å²) < 4.78 is 62.4. The molecular weight excluding hydrogens is 987 g/mol. The van der Waals surface area contributed by atoms with E-state index in [2.05, 4.69) is 77.8 Å². The van der Waals surface area contributed by atoms with Gasteiger partial charge in [0.25, 0.3) is 0 Å². The van der Waals surface area contributed by atoms with Crippen LogP contribution < -0.4 is 16.4 Å². The standard InChI is InChI=1S/C41H68N7O17P3S/c1-4-5-6-7-8-9-10-11-12-13-14-15-16-17-18-19-20-21-32(50)69-25-24-43-31(49)22-23-44-39(53)36(52)41(2,3)27-62-68(59,60)65-67(57,58)61-26-30-35(64-66(54,55)56)34(51)40(63-30)48-29-47-33-37(42)45-28-46-38(33)48/h5-6,8-9,11-12,28-30,34-36,40,51-52H,4,7,10,13-27H2,1-3H3,(H,43,49)(H,44,53)(H,57,58)(H,59,60)(H2,42,45,46)(H2,54,55,56)/b6-5+,9-8+,12-11+. The second kappa shape index (κ2) is 30.0. The molecule has 0 bridgehead atoms. The maximum absolute atomic E-state index is 12.7. The highest BCUT2D eigenvalue weighted by molar-refractivity contribution is 8.13. The first-order valence-electron chi connectivity index (χ1n) is 22.6. The number of aromatic nitrogens is 4. The molecule has 28 heteroatoms. The number of phosphoric acid groups is 3. The zero-order chi connectivity index (χ0) is 51.1. The molecule has 390 valence electrons. The van der Waals surface area contributed by atoms with Crippen LogP contribution >= 0.6 is 35.2 Å². The van der Waals surface area contributed by atoms with Gasteiger partial charge in [0.2, 0.25) is 11.8 Å². The molecule has 3 rings (SSSR count). The van der Waals surface area contributed by atoms with E-state index in [1.165, 1.54) is 33.1 Å². The van der Waals surface area contributed by atoms with E-state index in [1.54, 1.807) is 0 Å². The predicted molar refractivity (Wildman–Crippen MR) is 256 cm³/mol. The number of rotatable bonds is 34. The zero-order valence-electron chi connectivity index (χ0n) is 39.0. The molecule has 0 saturated carbocycles. The summed E-state index contributed by atoms with van der Waals surface area (Å²) in [5.74, 6) is -1.04. The summed E-state index contributed by atoms with van der Waals surface area (Å²) >= 11 is 1.15. The molecule has 2 aromatic rings. The van der Waals surface area contributed by atoms with E-state index in [-0.39, 0.29) is 41.6 Å².